The Bertz CT molecular complexity index is 120. The zero-order valence-electron chi connectivity index (χ0n) is 5.42. The van der Waals surface area contributed by atoms with E-state index in [0.717, 1.165) is 13.0 Å². The molecule has 1 rings (SSSR count). The van der Waals surface area contributed by atoms with Gasteiger partial charge in [0, 0.05) is 12.6 Å². The number of nitrogens with one attached hydrogen (secondary N) is 1. The molecule has 0 amide bonds. The molecule has 9 heavy (non-hydrogen) atoms. The van der Waals surface area contributed by atoms with Crippen LogP contribution >= 0.6 is 0 Å². The number of hydrogen-bond donors (Lipinski definition) is 2. The van der Waals surface area contributed by atoms with Crippen LogP contribution in [0.5, 0.6) is 0 Å². The Morgan fingerprint density at radius 2 is 2.56 bits per heavy atom. The highest BCUT2D eigenvalue weighted by Gasteiger charge is 2.33. The van der Waals surface area contributed by atoms with Gasteiger partial charge in [-0.05, 0) is 6.42 Å². The molecular formula is C6H11NO2. The van der Waals surface area contributed by atoms with Gasteiger partial charge in [0.2, 0.25) is 0 Å². The summed E-state index contributed by atoms with van der Waals surface area (Å²) in [4.78, 5) is 10.4. The molecule has 1 heterocycles. The van der Waals surface area contributed by atoms with Crippen molar-refractivity contribution in [3.63, 3.8) is 0 Å². The van der Waals surface area contributed by atoms with Gasteiger partial charge in [0.05, 0.1) is 5.92 Å². The largest absolute Gasteiger partial charge is 0.481 e. The lowest BCUT2D eigenvalue weighted by molar-refractivity contribution is -0.141. The van der Waals surface area contributed by atoms with E-state index in [1.807, 2.05) is 6.92 Å². The first-order chi connectivity index (χ1) is 4.25. The van der Waals surface area contributed by atoms with Crippen LogP contribution in [0.3, 0.4) is 0 Å². The fraction of sp³-hybridized carbons (Fsp3) is 0.833. The highest BCUT2D eigenvalue weighted by molar-refractivity contribution is 5.71. The van der Waals surface area contributed by atoms with Crippen molar-refractivity contribution in [3.8, 4) is 0 Å². The average Bonchev–Trinajstić information content (AvgIpc) is 2.50. The summed E-state index contributed by atoms with van der Waals surface area (Å²) in [6.45, 7) is 2.78. The van der Waals surface area contributed by atoms with Crippen LogP contribution in [-0.2, 0) is 4.79 Å². The average molecular weight is 129 g/mol. The summed E-state index contributed by atoms with van der Waals surface area (Å²) >= 11 is 0. The molecule has 0 aliphatic carbocycles. The lowest BCUT2D eigenvalue weighted by Gasteiger charge is -2.03. The highest BCUT2D eigenvalue weighted by atomic mass is 16.4. The number of carboxylic acids is 1. The Kier molecular flexibility index (Phi) is 1.71. The molecule has 2 N–H and O–H groups in total. The first-order valence-corrected chi connectivity index (χ1v) is 3.22. The molecule has 1 aliphatic heterocycles. The summed E-state index contributed by atoms with van der Waals surface area (Å²) < 4.78 is 0. The molecule has 0 aromatic heterocycles. The molecule has 2 unspecified atom stereocenters. The summed E-state index contributed by atoms with van der Waals surface area (Å²) in [6.07, 6.45) is 0.729. The van der Waals surface area contributed by atoms with Crippen LogP contribution in [0.1, 0.15) is 13.3 Å². The Labute approximate surface area is 54.1 Å². The number of carbonyl (C=O) groups is 1. The molecule has 0 aromatic rings. The second-order valence-corrected chi connectivity index (χ2v) is 2.37. The van der Waals surface area contributed by atoms with Gasteiger partial charge in [-0.3, -0.25) is 4.79 Å². The van der Waals surface area contributed by atoms with Crippen LogP contribution in [0.25, 0.3) is 0 Å². The minimum Gasteiger partial charge on any atom is -0.481 e. The maximum absolute atomic E-state index is 10.4. The van der Waals surface area contributed by atoms with Crippen LogP contribution < -0.4 is 5.32 Å². The number of hydrogen-bond acceptors (Lipinski definition) is 2. The maximum atomic E-state index is 10.4. The second-order valence-electron chi connectivity index (χ2n) is 2.37. The van der Waals surface area contributed by atoms with Crippen molar-refractivity contribution in [2.75, 3.05) is 6.54 Å². The predicted octanol–water partition coefficient (Wildman–Crippen LogP) is 0.0690. The van der Waals surface area contributed by atoms with E-state index >= 15 is 0 Å². The summed E-state index contributed by atoms with van der Waals surface area (Å²) in [5.41, 5.74) is 0. The minimum absolute atomic E-state index is 0.162. The smallest absolute Gasteiger partial charge is 0.308 e. The van der Waals surface area contributed by atoms with Gasteiger partial charge in [0.1, 0.15) is 0 Å². The monoisotopic (exact) mass is 129 g/mol. The Morgan fingerprint density at radius 1 is 2.00 bits per heavy atom. The standard InChI is InChI=1S/C6H11NO2/c1-2-4(6(8)9)5-3-7-5/h4-5,7H,2-3H2,1H3,(H,8,9). The first kappa shape index (κ1) is 6.55. The van der Waals surface area contributed by atoms with Gasteiger partial charge >= 0.3 is 5.97 Å². The van der Waals surface area contributed by atoms with Crippen molar-refractivity contribution in [1.82, 2.24) is 5.32 Å². The lowest BCUT2D eigenvalue weighted by Crippen LogP contribution is -2.20. The van der Waals surface area contributed by atoms with E-state index in [9.17, 15) is 4.79 Å². The van der Waals surface area contributed by atoms with E-state index in [-0.39, 0.29) is 12.0 Å². The summed E-state index contributed by atoms with van der Waals surface area (Å²) in [5, 5.41) is 11.5. The molecule has 3 nitrogen and oxygen atoms in total. The van der Waals surface area contributed by atoms with Crippen LogP contribution in [-0.4, -0.2) is 23.7 Å². The molecule has 0 spiro atoms. The van der Waals surface area contributed by atoms with Crippen molar-refractivity contribution in [2.24, 2.45) is 5.92 Å². The number of aliphatic carboxylic acids is 1. The van der Waals surface area contributed by atoms with E-state index in [0.29, 0.717) is 0 Å². The van der Waals surface area contributed by atoms with Crippen molar-refractivity contribution >= 4 is 5.97 Å². The molecule has 0 radical (unpaired) electrons. The summed E-state index contributed by atoms with van der Waals surface area (Å²) in [6, 6.07) is 0.257. The fourth-order valence-corrected chi connectivity index (χ4v) is 0.984. The van der Waals surface area contributed by atoms with Gasteiger partial charge < -0.3 is 10.4 Å². The van der Waals surface area contributed by atoms with E-state index in [1.165, 1.54) is 0 Å². The normalized spacial score (nSPS) is 27.4. The van der Waals surface area contributed by atoms with E-state index in [1.54, 1.807) is 0 Å². The molecule has 1 fully saturated rings. The first-order valence-electron chi connectivity index (χ1n) is 3.22. The van der Waals surface area contributed by atoms with Gasteiger partial charge in [0.15, 0.2) is 0 Å². The molecule has 3 heteroatoms. The third kappa shape index (κ3) is 1.42. The highest BCUT2D eigenvalue weighted by Crippen LogP contribution is 2.15. The van der Waals surface area contributed by atoms with Crippen LogP contribution in [0.15, 0.2) is 0 Å². The quantitative estimate of drug-likeness (QED) is 0.530. The van der Waals surface area contributed by atoms with Crippen molar-refractivity contribution < 1.29 is 9.90 Å². The second kappa shape index (κ2) is 2.35. The summed E-state index contributed by atoms with van der Waals surface area (Å²) in [7, 11) is 0. The lowest BCUT2D eigenvalue weighted by atomic mass is 10.0. The van der Waals surface area contributed by atoms with Gasteiger partial charge in [-0.2, -0.15) is 0 Å². The van der Waals surface area contributed by atoms with E-state index in [2.05, 4.69) is 5.32 Å². The molecule has 2 atom stereocenters. The van der Waals surface area contributed by atoms with Crippen molar-refractivity contribution in [2.45, 2.75) is 19.4 Å². The molecule has 0 bridgehead atoms. The zero-order chi connectivity index (χ0) is 6.85. The SMILES string of the molecule is CCC(C(=O)O)C1CN1. The van der Waals surface area contributed by atoms with Crippen LogP contribution in [0.2, 0.25) is 0 Å². The Morgan fingerprint density at radius 3 is 2.67 bits per heavy atom. The summed E-state index contributed by atoms with van der Waals surface area (Å²) in [5.74, 6) is -0.836. The van der Waals surface area contributed by atoms with E-state index in [4.69, 9.17) is 5.11 Å². The Balaban J connectivity index is 2.37. The zero-order valence-corrected chi connectivity index (χ0v) is 5.42. The minimum atomic E-state index is -0.674. The third-order valence-electron chi connectivity index (χ3n) is 1.68. The topological polar surface area (TPSA) is 59.2 Å². The molecule has 1 saturated heterocycles. The van der Waals surface area contributed by atoms with E-state index < -0.39 is 5.97 Å². The van der Waals surface area contributed by atoms with Crippen molar-refractivity contribution in [3.05, 3.63) is 0 Å². The van der Waals surface area contributed by atoms with Gasteiger partial charge in [-0.1, -0.05) is 6.92 Å². The Hall–Kier alpha value is -0.570. The number of rotatable bonds is 3. The fourth-order valence-electron chi connectivity index (χ4n) is 0.984. The van der Waals surface area contributed by atoms with Crippen LogP contribution in [0.4, 0.5) is 0 Å². The maximum Gasteiger partial charge on any atom is 0.308 e. The predicted molar refractivity (Wildman–Crippen MR) is 33.2 cm³/mol. The molecule has 0 aromatic carbocycles. The van der Waals surface area contributed by atoms with Crippen LogP contribution in [0, 0.1) is 5.92 Å². The molecule has 0 saturated carbocycles. The van der Waals surface area contributed by atoms with Gasteiger partial charge in [-0.25, -0.2) is 0 Å². The van der Waals surface area contributed by atoms with Gasteiger partial charge in [0.25, 0.3) is 0 Å². The van der Waals surface area contributed by atoms with Gasteiger partial charge in [-0.15, -0.1) is 0 Å². The number of carboxylic acid groups (broad SMARTS) is 1. The molecule has 52 valence electrons. The molecular weight excluding hydrogens is 118 g/mol. The molecule has 1 aliphatic rings. The van der Waals surface area contributed by atoms with Crippen molar-refractivity contribution in [1.29, 1.82) is 0 Å². The third-order valence-corrected chi connectivity index (χ3v) is 1.68.